The van der Waals surface area contributed by atoms with E-state index < -0.39 is 0 Å². The fourth-order valence-corrected chi connectivity index (χ4v) is 5.32. The molecule has 0 spiro atoms. The van der Waals surface area contributed by atoms with Crippen LogP contribution < -0.4 is 9.47 Å². The molecule has 2 aliphatic rings. The zero-order chi connectivity index (χ0) is 26.8. The van der Waals surface area contributed by atoms with Gasteiger partial charge in [-0.25, -0.2) is 0 Å². The normalized spacial score (nSPS) is 20.2. The van der Waals surface area contributed by atoms with Gasteiger partial charge in [-0.15, -0.1) is 0 Å². The highest BCUT2D eigenvalue weighted by Gasteiger charge is 2.43. The molecule has 1 unspecified atom stereocenters. The largest absolute Gasteiger partial charge is 0.493 e. The van der Waals surface area contributed by atoms with Crippen molar-refractivity contribution < 1.29 is 14.3 Å². The van der Waals surface area contributed by atoms with Gasteiger partial charge in [0.1, 0.15) is 0 Å². The van der Waals surface area contributed by atoms with Crippen molar-refractivity contribution in [2.75, 3.05) is 53.5 Å². The van der Waals surface area contributed by atoms with Crippen LogP contribution in [0.3, 0.4) is 0 Å². The van der Waals surface area contributed by atoms with E-state index >= 15 is 0 Å². The molecule has 0 N–H and O–H groups in total. The van der Waals surface area contributed by atoms with E-state index in [0.29, 0.717) is 6.61 Å². The smallest absolute Gasteiger partial charge is 0.210 e. The average Bonchev–Trinajstić information content (AvgIpc) is 3.33. The molecule has 0 aromatic heterocycles. The van der Waals surface area contributed by atoms with Crippen molar-refractivity contribution in [3.05, 3.63) is 29.8 Å². The fourth-order valence-electron chi connectivity index (χ4n) is 5.32. The number of hydrogen-bond donors (Lipinski definition) is 0. The number of fused-ring (bicyclic) bond motifs is 1. The molecule has 4 rings (SSSR count). The van der Waals surface area contributed by atoms with Crippen molar-refractivity contribution in [1.29, 1.82) is 0 Å². The highest BCUT2D eigenvalue weighted by Crippen LogP contribution is 2.40. The van der Waals surface area contributed by atoms with Gasteiger partial charge in [0.2, 0.25) is 6.41 Å². The Labute approximate surface area is 222 Å². The number of hydrogen-bond acceptors (Lipinski definition) is 6. The molecule has 7 heteroatoms. The predicted octanol–water partition coefficient (Wildman–Crippen LogP) is 4.91. The standard InChI is InChI=1S/C30H44N4O3/c1-22-15-23-17-27(36-7)28(18-24(23)16-26(22)31-19-25-9-8-10-33(25)21-35)37-20-29(2,3)30(4,5)34-13-11-32(6)12-14-34/h15-19,21,25H,8-14,20H2,1-7H3. The second kappa shape index (κ2) is 11.0. The Morgan fingerprint density at radius 3 is 2.35 bits per heavy atom. The van der Waals surface area contributed by atoms with Gasteiger partial charge < -0.3 is 19.3 Å². The van der Waals surface area contributed by atoms with Gasteiger partial charge >= 0.3 is 0 Å². The number of carbonyl (C=O) groups excluding carboxylic acids is 1. The lowest BCUT2D eigenvalue weighted by Gasteiger charge is -2.51. The van der Waals surface area contributed by atoms with Crippen LogP contribution in [0.5, 0.6) is 11.5 Å². The lowest BCUT2D eigenvalue weighted by atomic mass is 9.73. The molecule has 1 atom stereocenters. The molecular weight excluding hydrogens is 464 g/mol. The molecular formula is C30H44N4O3. The summed E-state index contributed by atoms with van der Waals surface area (Å²) >= 11 is 0. The monoisotopic (exact) mass is 508 g/mol. The minimum absolute atomic E-state index is 0.0209. The van der Waals surface area contributed by atoms with Gasteiger partial charge in [-0.1, -0.05) is 13.8 Å². The number of benzene rings is 2. The summed E-state index contributed by atoms with van der Waals surface area (Å²) in [5, 5.41) is 2.15. The molecule has 0 saturated carbocycles. The summed E-state index contributed by atoms with van der Waals surface area (Å²) in [5.74, 6) is 1.49. The maximum Gasteiger partial charge on any atom is 0.210 e. The van der Waals surface area contributed by atoms with Crippen molar-refractivity contribution in [2.45, 2.75) is 59.0 Å². The van der Waals surface area contributed by atoms with Gasteiger partial charge in [0.05, 0.1) is 25.4 Å². The highest BCUT2D eigenvalue weighted by atomic mass is 16.5. The van der Waals surface area contributed by atoms with Crippen LogP contribution in [0, 0.1) is 12.3 Å². The van der Waals surface area contributed by atoms with Crippen LogP contribution in [-0.4, -0.2) is 92.4 Å². The van der Waals surface area contributed by atoms with Crippen LogP contribution in [0.15, 0.2) is 29.3 Å². The van der Waals surface area contributed by atoms with Crippen LogP contribution in [0.1, 0.15) is 46.1 Å². The topological polar surface area (TPSA) is 57.6 Å². The van der Waals surface area contributed by atoms with Crippen molar-refractivity contribution in [1.82, 2.24) is 14.7 Å². The molecule has 2 aliphatic heterocycles. The fraction of sp³-hybridized carbons (Fsp3) is 0.600. The number of rotatable bonds is 9. The lowest BCUT2D eigenvalue weighted by Crippen LogP contribution is -2.61. The molecule has 2 fully saturated rings. The van der Waals surface area contributed by atoms with E-state index in [1.165, 1.54) is 0 Å². The molecule has 7 nitrogen and oxygen atoms in total. The van der Waals surface area contributed by atoms with E-state index in [1.807, 2.05) is 11.1 Å². The van der Waals surface area contributed by atoms with Gasteiger partial charge in [0.25, 0.3) is 0 Å². The average molecular weight is 509 g/mol. The lowest BCUT2D eigenvalue weighted by molar-refractivity contribution is -0.117. The second-order valence-electron chi connectivity index (χ2n) is 11.8. The van der Waals surface area contributed by atoms with Crippen LogP contribution in [0.4, 0.5) is 5.69 Å². The third kappa shape index (κ3) is 5.78. The summed E-state index contributed by atoms with van der Waals surface area (Å²) < 4.78 is 12.2. The number of aryl methyl sites for hydroxylation is 1. The number of methoxy groups -OCH3 is 1. The van der Waals surface area contributed by atoms with Gasteiger partial charge in [-0.3, -0.25) is 14.7 Å². The molecule has 202 valence electrons. The maximum absolute atomic E-state index is 11.3. The Bertz CT molecular complexity index is 1140. The first-order valence-electron chi connectivity index (χ1n) is 13.5. The summed E-state index contributed by atoms with van der Waals surface area (Å²) in [6, 6.07) is 8.44. The first-order chi connectivity index (χ1) is 17.6. The number of carbonyl (C=O) groups is 1. The zero-order valence-corrected chi connectivity index (χ0v) is 23.7. The van der Waals surface area contributed by atoms with E-state index in [-0.39, 0.29) is 17.0 Å². The van der Waals surface area contributed by atoms with Crippen LogP contribution >= 0.6 is 0 Å². The Balaban J connectivity index is 1.55. The van der Waals surface area contributed by atoms with E-state index in [1.54, 1.807) is 7.11 Å². The third-order valence-corrected chi connectivity index (χ3v) is 8.84. The van der Waals surface area contributed by atoms with E-state index in [4.69, 9.17) is 14.5 Å². The van der Waals surface area contributed by atoms with E-state index in [9.17, 15) is 4.79 Å². The van der Waals surface area contributed by atoms with Crippen molar-refractivity contribution in [2.24, 2.45) is 10.4 Å². The molecule has 2 aromatic rings. The molecule has 1 amide bonds. The zero-order valence-electron chi connectivity index (χ0n) is 23.7. The quantitative estimate of drug-likeness (QED) is 0.356. The van der Waals surface area contributed by atoms with Gasteiger partial charge in [-0.05, 0) is 81.3 Å². The van der Waals surface area contributed by atoms with Crippen molar-refractivity contribution >= 4 is 29.1 Å². The second-order valence-corrected chi connectivity index (χ2v) is 11.8. The summed E-state index contributed by atoms with van der Waals surface area (Å²) in [4.78, 5) is 22.9. The highest BCUT2D eigenvalue weighted by molar-refractivity contribution is 5.90. The van der Waals surface area contributed by atoms with Crippen LogP contribution in [0.2, 0.25) is 0 Å². The van der Waals surface area contributed by atoms with Crippen LogP contribution in [-0.2, 0) is 4.79 Å². The first kappa shape index (κ1) is 27.4. The van der Waals surface area contributed by atoms with Gasteiger partial charge in [0, 0.05) is 49.9 Å². The van der Waals surface area contributed by atoms with E-state index in [2.05, 4.69) is 75.7 Å². The number of likely N-dealkylation sites (N-methyl/N-ethyl adjacent to an activating group) is 1. The number of amides is 1. The van der Waals surface area contributed by atoms with Gasteiger partial charge in [-0.2, -0.15) is 0 Å². The molecule has 0 bridgehead atoms. The summed E-state index contributed by atoms with van der Waals surface area (Å²) in [6.07, 6.45) is 4.83. The minimum atomic E-state index is -0.0860. The number of ether oxygens (including phenoxy) is 2. The van der Waals surface area contributed by atoms with Crippen molar-refractivity contribution in [3.8, 4) is 11.5 Å². The summed E-state index contributed by atoms with van der Waals surface area (Å²) in [5.41, 5.74) is 1.90. The molecule has 2 saturated heterocycles. The minimum Gasteiger partial charge on any atom is -0.493 e. The number of aliphatic imine (C=N–C) groups is 1. The number of nitrogens with zero attached hydrogens (tertiary/aromatic N) is 4. The van der Waals surface area contributed by atoms with Gasteiger partial charge in [0.15, 0.2) is 11.5 Å². The van der Waals surface area contributed by atoms with Crippen molar-refractivity contribution in [3.63, 3.8) is 0 Å². The molecule has 2 heterocycles. The molecule has 2 aromatic carbocycles. The predicted molar refractivity (Wildman–Crippen MR) is 152 cm³/mol. The Morgan fingerprint density at radius 1 is 1.00 bits per heavy atom. The number of piperazine rings is 1. The number of likely N-dealkylation sites (tertiary alicyclic amines) is 1. The SMILES string of the molecule is COc1cc2cc(C)c(N=CC3CCCN3C=O)cc2cc1OCC(C)(C)C(C)(C)N1CCN(C)CC1. The first-order valence-corrected chi connectivity index (χ1v) is 13.5. The summed E-state index contributed by atoms with van der Waals surface area (Å²) in [7, 11) is 3.89. The Kier molecular flexibility index (Phi) is 8.14. The maximum atomic E-state index is 11.3. The molecule has 0 radical (unpaired) electrons. The Hall–Kier alpha value is -2.64. The van der Waals surface area contributed by atoms with Crippen LogP contribution in [0.25, 0.3) is 10.8 Å². The van der Waals surface area contributed by atoms with E-state index in [0.717, 1.165) is 85.5 Å². The Morgan fingerprint density at radius 2 is 1.68 bits per heavy atom. The molecule has 0 aliphatic carbocycles. The molecule has 37 heavy (non-hydrogen) atoms. The third-order valence-electron chi connectivity index (χ3n) is 8.84. The summed E-state index contributed by atoms with van der Waals surface area (Å²) in [6.45, 7) is 17.0.